The van der Waals surface area contributed by atoms with Gasteiger partial charge in [-0.15, -0.1) is 0 Å². The van der Waals surface area contributed by atoms with E-state index in [4.69, 9.17) is 4.43 Å². The minimum Gasteiger partial charge on any atom is -0.546 e. The van der Waals surface area contributed by atoms with E-state index in [1.54, 1.807) is 0 Å². The fraction of sp³-hybridized carbons (Fsp3) is 0.800. The maximum Gasteiger partial charge on any atom is 0.250 e. The van der Waals surface area contributed by atoms with Gasteiger partial charge in [-0.2, -0.15) is 0 Å². The number of hydrogen-bond acceptors (Lipinski definition) is 1. The second kappa shape index (κ2) is 4.82. The molecule has 0 saturated carbocycles. The molecule has 0 saturated heterocycles. The maximum absolute atomic E-state index is 6.09. The second-order valence-corrected chi connectivity index (χ2v) is 10.1. The van der Waals surface area contributed by atoms with E-state index in [2.05, 4.69) is 67.5 Å². The zero-order valence-corrected chi connectivity index (χ0v) is 12.7. The van der Waals surface area contributed by atoms with Crippen molar-refractivity contribution >= 4 is 30.9 Å². The second-order valence-electron chi connectivity index (χ2n) is 4.79. The van der Waals surface area contributed by atoms with Crippen molar-refractivity contribution in [2.75, 3.05) is 0 Å². The van der Waals surface area contributed by atoms with Gasteiger partial charge in [0.15, 0.2) is 0 Å². The number of rotatable bonds is 3. The summed E-state index contributed by atoms with van der Waals surface area (Å²) in [7, 11) is -1.58. The van der Waals surface area contributed by atoms with Crippen LogP contribution in [0.2, 0.25) is 18.1 Å². The Balaban J connectivity index is 4.51. The first-order valence-corrected chi connectivity index (χ1v) is 8.88. The molecule has 0 spiro atoms. The summed E-state index contributed by atoms with van der Waals surface area (Å²) >= 11 is 2.25. The van der Waals surface area contributed by atoms with Crippen molar-refractivity contribution in [3.8, 4) is 0 Å². The van der Waals surface area contributed by atoms with Crippen molar-refractivity contribution in [3.05, 3.63) is 9.84 Å². The molecule has 0 aromatic carbocycles. The predicted molar refractivity (Wildman–Crippen MR) is 70.7 cm³/mol. The van der Waals surface area contributed by atoms with Gasteiger partial charge in [-0.1, -0.05) is 27.7 Å². The fourth-order valence-electron chi connectivity index (χ4n) is 0.652. The summed E-state index contributed by atoms with van der Waals surface area (Å²) in [6, 6.07) is 0. The van der Waals surface area contributed by atoms with Gasteiger partial charge in [0.1, 0.15) is 0 Å². The van der Waals surface area contributed by atoms with Gasteiger partial charge in [-0.3, -0.25) is 0 Å². The van der Waals surface area contributed by atoms with Gasteiger partial charge in [0.25, 0.3) is 0 Å². The summed E-state index contributed by atoms with van der Waals surface area (Å²) < 4.78 is 8.15. The highest BCUT2D eigenvalue weighted by molar-refractivity contribution is 14.1. The molecule has 0 fully saturated rings. The predicted octanol–water partition coefficient (Wildman–Crippen LogP) is 4.69. The molecular formula is C10H21IOSi. The SMILES string of the molecule is CCC(=CI)O[Si](C)(C)C(C)(C)C. The van der Waals surface area contributed by atoms with Crippen molar-refractivity contribution < 1.29 is 4.43 Å². The molecule has 78 valence electrons. The Morgan fingerprint density at radius 3 is 2.08 bits per heavy atom. The third-order valence-electron chi connectivity index (χ3n) is 2.66. The number of halogens is 1. The van der Waals surface area contributed by atoms with Gasteiger partial charge in [0.2, 0.25) is 8.32 Å². The van der Waals surface area contributed by atoms with E-state index in [-0.39, 0.29) is 0 Å². The zero-order valence-electron chi connectivity index (χ0n) is 9.57. The first kappa shape index (κ1) is 13.5. The van der Waals surface area contributed by atoms with Crippen molar-refractivity contribution in [2.24, 2.45) is 0 Å². The van der Waals surface area contributed by atoms with Crippen molar-refractivity contribution in [1.29, 1.82) is 0 Å². The Morgan fingerprint density at radius 2 is 1.85 bits per heavy atom. The summed E-state index contributed by atoms with van der Waals surface area (Å²) in [5, 5.41) is 0.299. The molecule has 0 bridgehead atoms. The van der Waals surface area contributed by atoms with Gasteiger partial charge in [0.05, 0.1) is 5.76 Å². The lowest BCUT2D eigenvalue weighted by Gasteiger charge is -2.37. The third-order valence-corrected chi connectivity index (χ3v) is 7.74. The number of hydrogen-bond donors (Lipinski definition) is 0. The van der Waals surface area contributed by atoms with E-state index in [9.17, 15) is 0 Å². The van der Waals surface area contributed by atoms with Gasteiger partial charge >= 0.3 is 0 Å². The molecule has 0 aliphatic heterocycles. The quantitative estimate of drug-likeness (QED) is 0.417. The molecule has 0 heterocycles. The van der Waals surface area contributed by atoms with E-state index in [1.165, 1.54) is 0 Å². The molecule has 0 aliphatic carbocycles. The molecule has 0 amide bonds. The van der Waals surface area contributed by atoms with Crippen LogP contribution >= 0.6 is 22.6 Å². The topological polar surface area (TPSA) is 9.23 Å². The molecule has 0 atom stereocenters. The van der Waals surface area contributed by atoms with E-state index in [1.807, 2.05) is 0 Å². The van der Waals surface area contributed by atoms with Gasteiger partial charge in [-0.05, 0) is 40.7 Å². The Labute approximate surface area is 97.2 Å². The van der Waals surface area contributed by atoms with E-state index < -0.39 is 8.32 Å². The van der Waals surface area contributed by atoms with Gasteiger partial charge in [0, 0.05) is 10.5 Å². The zero-order chi connectivity index (χ0) is 10.7. The van der Waals surface area contributed by atoms with Crippen LogP contribution in [-0.2, 0) is 4.43 Å². The highest BCUT2D eigenvalue weighted by atomic mass is 127. The van der Waals surface area contributed by atoms with Crippen molar-refractivity contribution in [3.63, 3.8) is 0 Å². The first-order valence-electron chi connectivity index (χ1n) is 4.73. The summed E-state index contributed by atoms with van der Waals surface area (Å²) in [5.41, 5.74) is 0. The highest BCUT2D eigenvalue weighted by Crippen LogP contribution is 2.38. The Morgan fingerprint density at radius 1 is 1.38 bits per heavy atom. The van der Waals surface area contributed by atoms with Gasteiger partial charge in [-0.25, -0.2) is 0 Å². The molecule has 0 rings (SSSR count). The average Bonchev–Trinajstić information content (AvgIpc) is 1.98. The van der Waals surface area contributed by atoms with Crippen LogP contribution in [0.5, 0.6) is 0 Å². The van der Waals surface area contributed by atoms with Crippen molar-refractivity contribution in [1.82, 2.24) is 0 Å². The molecule has 0 aliphatic rings. The minimum absolute atomic E-state index is 0.299. The summed E-state index contributed by atoms with van der Waals surface area (Å²) in [5.74, 6) is 1.13. The van der Waals surface area contributed by atoms with Crippen LogP contribution in [0.1, 0.15) is 34.1 Å². The maximum atomic E-state index is 6.09. The standard InChI is InChI=1S/C10H21IOSi/c1-7-9(8-11)12-13(5,6)10(2,3)4/h8H,7H2,1-6H3. The molecule has 13 heavy (non-hydrogen) atoms. The van der Waals surface area contributed by atoms with E-state index in [0.717, 1.165) is 12.2 Å². The molecule has 0 unspecified atom stereocenters. The molecular weight excluding hydrogens is 291 g/mol. The van der Waals surface area contributed by atoms with Crippen LogP contribution in [0, 0.1) is 0 Å². The minimum atomic E-state index is -1.58. The molecule has 0 aromatic heterocycles. The molecule has 0 radical (unpaired) electrons. The normalized spacial score (nSPS) is 14.5. The summed E-state index contributed by atoms with van der Waals surface area (Å²) in [6.07, 6.45) is 0.995. The van der Waals surface area contributed by atoms with E-state index in [0.29, 0.717) is 5.04 Å². The smallest absolute Gasteiger partial charge is 0.250 e. The lowest BCUT2D eigenvalue weighted by Crippen LogP contribution is -2.40. The first-order chi connectivity index (χ1) is 5.74. The molecule has 1 nitrogen and oxygen atoms in total. The average molecular weight is 312 g/mol. The Kier molecular flexibility index (Phi) is 5.00. The molecule has 3 heteroatoms. The van der Waals surface area contributed by atoms with Crippen LogP contribution in [-0.4, -0.2) is 8.32 Å². The highest BCUT2D eigenvalue weighted by Gasteiger charge is 2.39. The lowest BCUT2D eigenvalue weighted by molar-refractivity contribution is 0.373. The largest absolute Gasteiger partial charge is 0.546 e. The summed E-state index contributed by atoms with van der Waals surface area (Å²) in [6.45, 7) is 13.5. The Bertz CT molecular complexity index is 192. The van der Waals surface area contributed by atoms with Crippen LogP contribution in [0.4, 0.5) is 0 Å². The monoisotopic (exact) mass is 312 g/mol. The lowest BCUT2D eigenvalue weighted by atomic mass is 10.2. The van der Waals surface area contributed by atoms with Crippen LogP contribution < -0.4 is 0 Å². The van der Waals surface area contributed by atoms with E-state index >= 15 is 0 Å². The molecule has 0 N–H and O–H groups in total. The number of allylic oxidation sites excluding steroid dienone is 1. The van der Waals surface area contributed by atoms with Crippen LogP contribution in [0.25, 0.3) is 0 Å². The third kappa shape index (κ3) is 4.02. The van der Waals surface area contributed by atoms with Crippen molar-refractivity contribution in [2.45, 2.75) is 52.2 Å². The van der Waals surface area contributed by atoms with Crippen LogP contribution in [0.15, 0.2) is 9.84 Å². The van der Waals surface area contributed by atoms with Crippen LogP contribution in [0.3, 0.4) is 0 Å². The fourth-order valence-corrected chi connectivity index (χ4v) is 2.62. The molecule has 0 aromatic rings. The van der Waals surface area contributed by atoms with Gasteiger partial charge < -0.3 is 4.43 Å². The Hall–Kier alpha value is 0.487. The summed E-state index contributed by atoms with van der Waals surface area (Å²) in [4.78, 5) is 0.